The average molecular weight is 1650 g/mol. The zero-order chi connectivity index (χ0) is 88.1. The molecule has 35 heteroatoms. The molecule has 4 rings (SSSR count). The van der Waals surface area contributed by atoms with Crippen molar-refractivity contribution >= 4 is 75.7 Å². The molecular formula is C76H145Cl2FN14O17S. The van der Waals surface area contributed by atoms with Crippen LogP contribution in [0.15, 0.2) is 40.4 Å². The number of aryl methyl sites for hydroxylation is 1. The number of carbonyl (C=O) groups is 7. The van der Waals surface area contributed by atoms with Gasteiger partial charge in [0.15, 0.2) is 17.2 Å². The molecule has 111 heavy (non-hydrogen) atoms. The van der Waals surface area contributed by atoms with Gasteiger partial charge in [-0.1, -0.05) is 86.5 Å². The number of aliphatic hydroxyl groups is 1. The van der Waals surface area contributed by atoms with Crippen LogP contribution in [0.25, 0.3) is 10.4 Å². The summed E-state index contributed by atoms with van der Waals surface area (Å²) in [6, 6.07) is 5.45. The summed E-state index contributed by atoms with van der Waals surface area (Å²) in [5, 5.41) is 38.0. The van der Waals surface area contributed by atoms with Crippen molar-refractivity contribution in [3.8, 4) is 5.75 Å². The van der Waals surface area contributed by atoms with Gasteiger partial charge < -0.3 is 86.8 Å². The number of hydrogen-bond acceptors (Lipinski definition) is 23. The second kappa shape index (κ2) is 60.9. The number of alkyl carbamates (subject to hydrolysis) is 4. The number of hydrogen-bond donors (Lipinski definition) is 10. The second-order valence-electron chi connectivity index (χ2n) is 31.6. The number of benzene rings is 1. The number of ketones is 1. The topological polar surface area (TPSA) is 442 Å². The van der Waals surface area contributed by atoms with Crippen LogP contribution < -0.4 is 48.8 Å². The van der Waals surface area contributed by atoms with Gasteiger partial charge in [0.25, 0.3) is 16.0 Å². The summed E-state index contributed by atoms with van der Waals surface area (Å²) in [6.07, 6.45) is 1.61. The molecule has 1 unspecified atom stereocenters. The third-order valence-corrected chi connectivity index (χ3v) is 13.4. The van der Waals surface area contributed by atoms with E-state index in [9.17, 15) is 56.3 Å². The molecule has 0 bridgehead atoms. The molecule has 12 N–H and O–H groups in total. The summed E-state index contributed by atoms with van der Waals surface area (Å²) < 4.78 is 60.7. The van der Waals surface area contributed by atoms with Crippen molar-refractivity contribution in [1.82, 2.24) is 46.3 Å². The first-order valence-corrected chi connectivity index (χ1v) is 40.3. The number of alkyl halides is 2. The Morgan fingerprint density at radius 3 is 1.44 bits per heavy atom. The van der Waals surface area contributed by atoms with Crippen molar-refractivity contribution in [3.05, 3.63) is 73.8 Å². The smallest absolute Gasteiger partial charge is 0.407 e. The van der Waals surface area contributed by atoms with Gasteiger partial charge in [0.05, 0.1) is 36.4 Å². The van der Waals surface area contributed by atoms with E-state index < -0.39 is 73.8 Å². The Morgan fingerprint density at radius 1 is 0.685 bits per heavy atom. The highest BCUT2D eigenvalue weighted by molar-refractivity contribution is 7.86. The fraction of sp³-hybridized carbons (Fsp3) is 0.763. The van der Waals surface area contributed by atoms with E-state index in [1.165, 1.54) is 18.3 Å². The highest BCUT2D eigenvalue weighted by atomic mass is 35.5. The van der Waals surface area contributed by atoms with Crippen molar-refractivity contribution in [2.24, 2.45) is 40.3 Å². The maximum absolute atomic E-state index is 13.2. The van der Waals surface area contributed by atoms with E-state index in [1.54, 1.807) is 77.0 Å². The number of nitrogens with two attached hydrogens (primary N) is 2. The Balaban J connectivity index is -0.000000304. The molecule has 3 heterocycles. The van der Waals surface area contributed by atoms with Gasteiger partial charge >= 0.3 is 24.4 Å². The molecule has 0 saturated carbocycles. The standard InChI is InChI=1S/C24H28FN3O4.C12H26N2O2.C9H19NO5S.C8H16N4O2.C8H18N2O2.C7H18N2.C4H8O.C2H6.CH2Cl2.CH4O/c1-14(2)10-26-11-15(3)28-20(26)13-27-12-18(22(30)23(31)21(27)24(28)32)19(29)9-6-16-4-7-17(25)8-5-16;1-9(2)7-13-8-10(3)14-11(15)16-12(4,5)6;1-7(6-14-16(5,12)13)10-8(11)15-9(2,3)4;1-6(5-10-12-9)11-7(13)14-8(2,3)4;1-6(5-9)10-7(11)12-8(2,3)4;1-6(2)4-9-5-7(3)8;1-4(2)3-5;1-2;2-1-3;1-2/h4-5,7-8,12,14-15,20,31H,6,9-11,13H2,1-3H3;9-10,13H,7-8H2,1-6H3,(H,14,15);7H,6H2,1-5H3,(H,10,11);6H,5H2,1-4H3,(H,11,13);6H,5,9H2,1-4H3,(H,10,11);6-7,9H,4-5,8H2,1-3H3;3-4H,1-2H3;1-2H3;1H2;2H,1H3/t15-,20?;10-;7-;2*6-;7-;;;;/m111111..../s1. The zero-order valence-electron chi connectivity index (χ0n) is 72.4. The van der Waals surface area contributed by atoms with E-state index in [0.717, 1.165) is 70.4 Å². The van der Waals surface area contributed by atoms with Gasteiger partial charge in [-0.25, -0.2) is 23.6 Å². The summed E-state index contributed by atoms with van der Waals surface area (Å²) in [7, 11) is -2.48. The molecule has 0 radical (unpaired) electrons. The quantitative estimate of drug-likeness (QED) is 0.00645. The van der Waals surface area contributed by atoms with Gasteiger partial charge in [-0.3, -0.25) is 23.5 Å². The molecule has 0 aliphatic carbocycles. The number of pyridine rings is 1. The molecule has 7 atom stereocenters. The lowest BCUT2D eigenvalue weighted by atomic mass is 10.0. The number of aliphatic hydroxyl groups excluding tert-OH is 1. The Bertz CT molecular complexity index is 3130. The lowest BCUT2D eigenvalue weighted by Gasteiger charge is -2.38. The van der Waals surface area contributed by atoms with Gasteiger partial charge in [0, 0.05) is 100 Å². The number of nitrogens with one attached hydrogen (secondary N) is 6. The molecule has 1 saturated heterocycles. The number of fused-ring (bicyclic) bond motifs is 2. The van der Waals surface area contributed by atoms with Crippen LogP contribution in [0.3, 0.4) is 0 Å². The number of Topliss-reactive ketones (excluding diaryl/α,β-unsaturated/α-hetero) is 1. The molecule has 648 valence electrons. The Kier molecular flexibility index (Phi) is 63.2. The fourth-order valence-electron chi connectivity index (χ4n) is 8.59. The van der Waals surface area contributed by atoms with Gasteiger partial charge in [0.2, 0.25) is 5.43 Å². The first-order valence-electron chi connectivity index (χ1n) is 37.4. The number of aromatic nitrogens is 1. The highest BCUT2D eigenvalue weighted by Gasteiger charge is 2.46. The molecule has 2 aromatic rings. The van der Waals surface area contributed by atoms with E-state index in [-0.39, 0.29) is 96.3 Å². The Hall–Kier alpha value is -6.65. The predicted molar refractivity (Wildman–Crippen MR) is 442 cm³/mol. The van der Waals surface area contributed by atoms with Crippen LogP contribution >= 0.6 is 23.2 Å². The number of amides is 5. The van der Waals surface area contributed by atoms with Crippen molar-refractivity contribution in [3.63, 3.8) is 0 Å². The predicted octanol–water partition coefficient (Wildman–Crippen LogP) is 12.2. The minimum absolute atomic E-state index is 0.0356. The summed E-state index contributed by atoms with van der Waals surface area (Å²) in [4.78, 5) is 99.7. The van der Waals surface area contributed by atoms with Crippen LogP contribution in [0.4, 0.5) is 23.6 Å². The van der Waals surface area contributed by atoms with Crippen molar-refractivity contribution in [2.75, 3.05) is 77.7 Å². The molecule has 1 aromatic carbocycles. The minimum Gasteiger partial charge on any atom is -0.503 e. The molecule has 2 aliphatic heterocycles. The summed E-state index contributed by atoms with van der Waals surface area (Å²) in [6.45, 7) is 59.5. The van der Waals surface area contributed by atoms with Crippen molar-refractivity contribution in [2.45, 2.75) is 278 Å². The van der Waals surface area contributed by atoms with Gasteiger partial charge in [-0.15, -0.1) is 23.2 Å². The molecule has 5 amide bonds. The lowest BCUT2D eigenvalue weighted by molar-refractivity contribution is -0.110. The first-order chi connectivity index (χ1) is 50.9. The van der Waals surface area contributed by atoms with E-state index in [2.05, 4.69) is 92.6 Å². The maximum atomic E-state index is 13.2. The van der Waals surface area contributed by atoms with E-state index in [1.807, 2.05) is 96.9 Å². The summed E-state index contributed by atoms with van der Waals surface area (Å²) in [5.41, 5.74) is 16.7. The third kappa shape index (κ3) is 66.5. The Morgan fingerprint density at radius 2 is 1.08 bits per heavy atom. The van der Waals surface area contributed by atoms with E-state index >= 15 is 0 Å². The minimum atomic E-state index is -3.48. The molecule has 2 aliphatic rings. The normalized spacial score (nSPS) is 14.8. The van der Waals surface area contributed by atoms with Crippen molar-refractivity contribution < 1.29 is 79.7 Å². The van der Waals surface area contributed by atoms with Crippen molar-refractivity contribution in [1.29, 1.82) is 0 Å². The number of rotatable bonds is 25. The summed E-state index contributed by atoms with van der Waals surface area (Å²) >= 11 is 9.53. The fourth-order valence-corrected chi connectivity index (χ4v) is 9.04. The van der Waals surface area contributed by atoms with Crippen LogP contribution in [0, 0.1) is 29.5 Å². The van der Waals surface area contributed by atoms with E-state index in [4.69, 9.17) is 64.3 Å². The van der Waals surface area contributed by atoms with E-state index in [0.29, 0.717) is 31.3 Å². The lowest BCUT2D eigenvalue weighted by Crippen LogP contribution is -2.52. The van der Waals surface area contributed by atoms with Gasteiger partial charge in [-0.2, -0.15) is 8.42 Å². The number of aromatic hydroxyl groups is 1. The number of ether oxygens (including phenoxy) is 4. The number of azide groups is 1. The van der Waals surface area contributed by atoms with Gasteiger partial charge in [-0.05, 0) is 185 Å². The molecular weight excluding hydrogens is 1500 g/mol. The Labute approximate surface area is 673 Å². The average Bonchev–Trinajstić information content (AvgIpc) is 1.69. The molecule has 1 aromatic heterocycles. The van der Waals surface area contributed by atoms with Gasteiger partial charge in [0.1, 0.15) is 40.7 Å². The summed E-state index contributed by atoms with van der Waals surface area (Å²) in [5.74, 6) is 0.135. The largest absolute Gasteiger partial charge is 0.503 e. The molecule has 1 fully saturated rings. The van der Waals surface area contributed by atoms with Crippen LogP contribution in [-0.4, -0.2) is 218 Å². The number of carbonyl (C=O) groups excluding carboxylic acids is 7. The second-order valence-corrected chi connectivity index (χ2v) is 34.0. The van der Waals surface area contributed by atoms with Crippen LogP contribution in [0.1, 0.15) is 227 Å². The highest BCUT2D eigenvalue weighted by Crippen LogP contribution is 2.32. The molecule has 0 spiro atoms. The maximum Gasteiger partial charge on any atom is 0.407 e. The number of halogens is 3. The SMILES string of the molecule is CC.CC(C)C=O.CC(C)CN1C[C@@H](C)N2C(=O)c3c(O)c(=O)c(C(=O)CCc4ccc(F)cc4)cn3CC12.CC(C)CNC[C@@H](C)N.CC(C)CNC[C@@H](C)NC(=O)OC(C)(C)C.CO.C[C@H](CN)NC(=O)OC(C)(C)C.C[C@H](CN=[N+]=[N-])NC(=O)OC(C)(C)C.C[C@H](COS(C)(=O)=O)NC(=O)OC(C)(C)C.ClCCl. The molecule has 31 nitrogen and oxygen atoms in total. The monoisotopic (exact) mass is 1650 g/mol. The van der Waals surface area contributed by atoms with Crippen LogP contribution in [0.5, 0.6) is 5.75 Å². The first kappa shape index (κ1) is 115. The third-order valence-electron chi connectivity index (χ3n) is 12.9. The number of aldehydes is 1. The number of nitrogens with zero attached hydrogens (tertiary/aromatic N) is 6. The van der Waals surface area contributed by atoms with Crippen LogP contribution in [-0.2, 0) is 51.0 Å². The van der Waals surface area contributed by atoms with Crippen LogP contribution in [0.2, 0.25) is 0 Å². The zero-order valence-corrected chi connectivity index (χ0v) is 74.7.